The minimum Gasteiger partial charge on any atom is -0.456 e. The van der Waals surface area contributed by atoms with Crippen LogP contribution in [0.25, 0.3) is 0 Å². The highest BCUT2D eigenvalue weighted by atomic mass is 16.6. The van der Waals surface area contributed by atoms with Crippen molar-refractivity contribution in [3.8, 4) is 0 Å². The molecule has 3 heterocycles. The molecule has 184 valence electrons. The molecule has 1 aromatic rings. The number of esters is 2. The lowest BCUT2D eigenvalue weighted by Crippen LogP contribution is -2.53. The van der Waals surface area contributed by atoms with Crippen molar-refractivity contribution >= 4 is 18.0 Å². The Balaban J connectivity index is 1.21. The maximum Gasteiger partial charge on any atom is 0.410 e. The van der Waals surface area contributed by atoms with Crippen LogP contribution in [0.2, 0.25) is 0 Å². The number of amides is 1. The summed E-state index contributed by atoms with van der Waals surface area (Å²) in [5, 5.41) is 0. The smallest absolute Gasteiger partial charge is 0.410 e. The van der Waals surface area contributed by atoms with E-state index in [0.717, 1.165) is 5.56 Å². The number of hydrogen-bond donors (Lipinski definition) is 0. The second kappa shape index (κ2) is 7.97. The predicted molar refractivity (Wildman–Crippen MR) is 121 cm³/mol. The number of likely N-dealkylation sites (tertiary alicyclic amines) is 1. The topological polar surface area (TPSA) is 91.4 Å². The first kappa shape index (κ1) is 23.1. The molecule has 5 rings (SSSR count). The maximum atomic E-state index is 13.5. The molecule has 34 heavy (non-hydrogen) atoms. The molecule has 1 saturated carbocycles. The Morgan fingerprint density at radius 3 is 2.38 bits per heavy atom. The van der Waals surface area contributed by atoms with E-state index in [1.165, 1.54) is 0 Å². The highest BCUT2D eigenvalue weighted by Crippen LogP contribution is 2.66. The lowest BCUT2D eigenvalue weighted by Gasteiger charge is -2.42. The fraction of sp³-hybridized carbons (Fsp3) is 0.654. The Labute approximate surface area is 199 Å². The average molecular weight is 472 g/mol. The van der Waals surface area contributed by atoms with E-state index in [1.807, 2.05) is 51.1 Å². The molecule has 8 nitrogen and oxygen atoms in total. The first-order valence-corrected chi connectivity index (χ1v) is 12.1. The number of nitrogens with zero attached hydrogens (tertiary/aromatic N) is 1. The van der Waals surface area contributed by atoms with Crippen LogP contribution in [0.3, 0.4) is 0 Å². The minimum absolute atomic E-state index is 0.236. The molecule has 0 unspecified atom stereocenters. The van der Waals surface area contributed by atoms with Gasteiger partial charge in [-0.2, -0.15) is 0 Å². The van der Waals surface area contributed by atoms with Crippen LogP contribution in [-0.4, -0.2) is 60.9 Å². The zero-order chi connectivity index (χ0) is 24.2. The van der Waals surface area contributed by atoms with Crippen molar-refractivity contribution in [3.63, 3.8) is 0 Å². The lowest BCUT2D eigenvalue weighted by molar-refractivity contribution is -0.191. The first-order chi connectivity index (χ1) is 16.1. The summed E-state index contributed by atoms with van der Waals surface area (Å²) in [6.07, 6.45) is 1.62. The summed E-state index contributed by atoms with van der Waals surface area (Å²) in [5.41, 5.74) is -1.98. The van der Waals surface area contributed by atoms with Crippen molar-refractivity contribution in [2.75, 3.05) is 26.3 Å². The van der Waals surface area contributed by atoms with E-state index in [0.29, 0.717) is 52.0 Å². The van der Waals surface area contributed by atoms with Gasteiger partial charge in [-0.25, -0.2) is 9.59 Å². The van der Waals surface area contributed by atoms with E-state index in [4.69, 9.17) is 18.9 Å². The minimum atomic E-state index is -1.25. The monoisotopic (exact) mass is 471 g/mol. The van der Waals surface area contributed by atoms with Crippen molar-refractivity contribution in [1.82, 2.24) is 4.90 Å². The number of carbonyl (C=O) groups is 3. The quantitative estimate of drug-likeness (QED) is 0.490. The first-order valence-electron chi connectivity index (χ1n) is 12.1. The van der Waals surface area contributed by atoms with Crippen LogP contribution >= 0.6 is 0 Å². The molecular formula is C26H33NO7. The van der Waals surface area contributed by atoms with Gasteiger partial charge in [0, 0.05) is 23.9 Å². The van der Waals surface area contributed by atoms with E-state index in [1.54, 1.807) is 4.90 Å². The van der Waals surface area contributed by atoms with Gasteiger partial charge in [0.05, 0.1) is 18.6 Å². The van der Waals surface area contributed by atoms with Gasteiger partial charge in [-0.05, 0) is 38.2 Å². The number of ether oxygens (including phenoxy) is 4. The van der Waals surface area contributed by atoms with E-state index in [-0.39, 0.29) is 24.1 Å². The van der Waals surface area contributed by atoms with Gasteiger partial charge in [0.25, 0.3) is 0 Å². The Morgan fingerprint density at radius 2 is 1.76 bits per heavy atom. The van der Waals surface area contributed by atoms with E-state index < -0.39 is 28.5 Å². The molecule has 3 aliphatic heterocycles. The Kier molecular flexibility index (Phi) is 5.43. The standard InChI is InChI=1S/C26H33NO7/c1-23(2)24(3)9-10-26(23,34-20(24)28)21(29)33-19-16-31-17-25(19)11-13-27(14-12-25)22(30)32-15-18-7-5-4-6-8-18/h4-8,19H,9-17H2,1-3H3/t19-,24+,26-/m1/s1. The van der Waals surface area contributed by atoms with Gasteiger partial charge in [-0.3, -0.25) is 4.79 Å². The summed E-state index contributed by atoms with van der Waals surface area (Å²) >= 11 is 0. The van der Waals surface area contributed by atoms with Gasteiger partial charge in [-0.15, -0.1) is 0 Å². The van der Waals surface area contributed by atoms with Gasteiger partial charge in [0.1, 0.15) is 12.7 Å². The molecule has 8 heteroatoms. The van der Waals surface area contributed by atoms with E-state index >= 15 is 0 Å². The van der Waals surface area contributed by atoms with Gasteiger partial charge >= 0.3 is 18.0 Å². The van der Waals surface area contributed by atoms with Gasteiger partial charge in [0.15, 0.2) is 0 Å². The Morgan fingerprint density at radius 1 is 1.06 bits per heavy atom. The zero-order valence-electron chi connectivity index (χ0n) is 20.1. The number of piperidine rings is 1. The van der Waals surface area contributed by atoms with E-state index in [9.17, 15) is 14.4 Å². The molecule has 0 radical (unpaired) electrons. The van der Waals surface area contributed by atoms with Crippen LogP contribution in [0.1, 0.15) is 52.0 Å². The van der Waals surface area contributed by atoms with Crippen LogP contribution in [-0.2, 0) is 35.1 Å². The lowest BCUT2D eigenvalue weighted by atomic mass is 9.66. The Hall–Kier alpha value is -2.61. The number of rotatable bonds is 4. The van der Waals surface area contributed by atoms with Crippen molar-refractivity contribution in [1.29, 1.82) is 0 Å². The number of hydrogen-bond acceptors (Lipinski definition) is 7. The molecule has 2 bridgehead atoms. The summed E-state index contributed by atoms with van der Waals surface area (Å²) in [4.78, 5) is 40.3. The zero-order valence-corrected chi connectivity index (χ0v) is 20.1. The van der Waals surface area contributed by atoms with Gasteiger partial charge in [-0.1, -0.05) is 44.2 Å². The third kappa shape index (κ3) is 3.25. The van der Waals surface area contributed by atoms with Crippen LogP contribution in [0, 0.1) is 16.2 Å². The predicted octanol–water partition coefficient (Wildman–Crippen LogP) is 3.47. The van der Waals surface area contributed by atoms with Crippen LogP contribution in [0.4, 0.5) is 4.79 Å². The van der Waals surface area contributed by atoms with Gasteiger partial charge in [0.2, 0.25) is 5.60 Å². The molecule has 3 saturated heterocycles. The summed E-state index contributed by atoms with van der Waals surface area (Å²) < 4.78 is 23.0. The maximum absolute atomic E-state index is 13.5. The van der Waals surface area contributed by atoms with Crippen molar-refractivity contribution < 1.29 is 33.3 Å². The summed E-state index contributed by atoms with van der Waals surface area (Å²) in [6, 6.07) is 9.58. The largest absolute Gasteiger partial charge is 0.456 e. The summed E-state index contributed by atoms with van der Waals surface area (Å²) in [6.45, 7) is 7.77. The number of benzene rings is 1. The van der Waals surface area contributed by atoms with Crippen LogP contribution in [0.15, 0.2) is 30.3 Å². The number of fused-ring (bicyclic) bond motifs is 2. The fourth-order valence-electron chi connectivity index (χ4n) is 6.14. The molecule has 0 N–H and O–H groups in total. The second-order valence-corrected chi connectivity index (χ2v) is 11.0. The normalized spacial score (nSPS) is 33.1. The average Bonchev–Trinajstić information content (AvgIpc) is 3.35. The summed E-state index contributed by atoms with van der Waals surface area (Å²) in [7, 11) is 0. The van der Waals surface area contributed by atoms with Crippen molar-refractivity contribution in [2.24, 2.45) is 16.2 Å². The third-order valence-electron chi connectivity index (χ3n) is 9.23. The molecule has 3 atom stereocenters. The molecule has 1 aliphatic carbocycles. The van der Waals surface area contributed by atoms with Crippen molar-refractivity contribution in [3.05, 3.63) is 35.9 Å². The number of carbonyl (C=O) groups excluding carboxylic acids is 3. The van der Waals surface area contributed by atoms with Crippen LogP contribution in [0.5, 0.6) is 0 Å². The van der Waals surface area contributed by atoms with Crippen molar-refractivity contribution in [2.45, 2.75) is 64.8 Å². The molecule has 1 spiro atoms. The molecule has 1 aromatic carbocycles. The SMILES string of the molecule is CC1(C)[C@@]2(C)CC[C@]1(C(=O)O[C@@H]1COCC13CCN(C(=O)OCc1ccccc1)CC3)OC2=O. The fourth-order valence-corrected chi connectivity index (χ4v) is 6.14. The highest BCUT2D eigenvalue weighted by molar-refractivity contribution is 5.93. The molecular weight excluding hydrogens is 438 g/mol. The molecule has 4 fully saturated rings. The van der Waals surface area contributed by atoms with Crippen LogP contribution < -0.4 is 0 Å². The third-order valence-corrected chi connectivity index (χ3v) is 9.23. The summed E-state index contributed by atoms with van der Waals surface area (Å²) in [5.74, 6) is -0.785. The van der Waals surface area contributed by atoms with Gasteiger partial charge < -0.3 is 23.8 Å². The van der Waals surface area contributed by atoms with E-state index in [2.05, 4.69) is 0 Å². The Bertz CT molecular complexity index is 984. The molecule has 0 aromatic heterocycles. The molecule has 1 amide bonds. The highest BCUT2D eigenvalue weighted by Gasteiger charge is 2.76. The second-order valence-electron chi connectivity index (χ2n) is 11.0. The molecule has 4 aliphatic rings.